The fourth-order valence-electron chi connectivity index (χ4n) is 3.31. The Hall–Kier alpha value is -1.97. The van der Waals surface area contributed by atoms with Gasteiger partial charge in [0.1, 0.15) is 0 Å². The Kier molecular flexibility index (Phi) is 11.3. The van der Waals surface area contributed by atoms with Crippen LogP contribution in [0.25, 0.3) is 0 Å². The Morgan fingerprint density at radius 1 is 1.10 bits per heavy atom. The molecule has 1 aromatic heterocycles. The molecule has 0 saturated carbocycles. The molecule has 0 aromatic carbocycles. The SMILES string of the molecule is CN=C(NCCCN1CCN(c2ncccn2)CC1)NCCN(C)CCCOC. The lowest BCUT2D eigenvalue weighted by atomic mass is 10.3. The van der Waals surface area contributed by atoms with Crippen molar-refractivity contribution in [1.82, 2.24) is 30.4 Å². The van der Waals surface area contributed by atoms with Crippen molar-refractivity contribution >= 4 is 11.9 Å². The second kappa shape index (κ2) is 14.1. The van der Waals surface area contributed by atoms with Crippen LogP contribution in [0.1, 0.15) is 12.8 Å². The van der Waals surface area contributed by atoms with Gasteiger partial charge in [-0.15, -0.1) is 0 Å². The quantitative estimate of drug-likeness (QED) is 0.288. The molecule has 1 aliphatic heterocycles. The lowest BCUT2D eigenvalue weighted by Gasteiger charge is -2.34. The zero-order valence-corrected chi connectivity index (χ0v) is 18.3. The number of ether oxygens (including phenoxy) is 1. The number of rotatable bonds is 12. The minimum absolute atomic E-state index is 0.816. The summed E-state index contributed by atoms with van der Waals surface area (Å²) in [5, 5.41) is 6.80. The third-order valence-electron chi connectivity index (χ3n) is 5.05. The van der Waals surface area contributed by atoms with Crippen LogP contribution in [0.3, 0.4) is 0 Å². The van der Waals surface area contributed by atoms with E-state index in [1.54, 1.807) is 19.5 Å². The van der Waals surface area contributed by atoms with Gasteiger partial charge in [-0.2, -0.15) is 0 Å². The number of nitrogens with zero attached hydrogens (tertiary/aromatic N) is 6. The Morgan fingerprint density at radius 2 is 1.83 bits per heavy atom. The van der Waals surface area contributed by atoms with Gasteiger partial charge in [0.2, 0.25) is 5.95 Å². The maximum Gasteiger partial charge on any atom is 0.225 e. The fraction of sp³-hybridized carbons (Fsp3) is 0.750. The van der Waals surface area contributed by atoms with Crippen LogP contribution in [-0.4, -0.2) is 112 Å². The van der Waals surface area contributed by atoms with E-state index in [-0.39, 0.29) is 0 Å². The average molecular weight is 407 g/mol. The molecule has 9 nitrogen and oxygen atoms in total. The van der Waals surface area contributed by atoms with E-state index >= 15 is 0 Å². The molecule has 0 atom stereocenters. The number of methoxy groups -OCH3 is 1. The Balaban J connectivity index is 1.52. The number of hydrogen-bond acceptors (Lipinski definition) is 7. The van der Waals surface area contributed by atoms with Gasteiger partial charge >= 0.3 is 0 Å². The van der Waals surface area contributed by atoms with E-state index in [9.17, 15) is 0 Å². The summed E-state index contributed by atoms with van der Waals surface area (Å²) in [5.41, 5.74) is 0. The summed E-state index contributed by atoms with van der Waals surface area (Å²) < 4.78 is 5.09. The second-order valence-corrected chi connectivity index (χ2v) is 7.31. The molecular weight excluding hydrogens is 368 g/mol. The first-order chi connectivity index (χ1) is 14.2. The van der Waals surface area contributed by atoms with Gasteiger partial charge in [0.05, 0.1) is 0 Å². The van der Waals surface area contributed by atoms with Crippen LogP contribution in [0, 0.1) is 0 Å². The molecule has 2 rings (SSSR count). The van der Waals surface area contributed by atoms with Gasteiger partial charge < -0.3 is 25.2 Å². The zero-order chi connectivity index (χ0) is 20.7. The van der Waals surface area contributed by atoms with E-state index in [0.29, 0.717) is 0 Å². The van der Waals surface area contributed by atoms with Gasteiger partial charge in [0, 0.05) is 85.5 Å². The van der Waals surface area contributed by atoms with Crippen molar-refractivity contribution in [3.05, 3.63) is 18.5 Å². The van der Waals surface area contributed by atoms with E-state index in [0.717, 1.165) is 90.3 Å². The van der Waals surface area contributed by atoms with Crippen molar-refractivity contribution in [2.45, 2.75) is 12.8 Å². The monoisotopic (exact) mass is 406 g/mol. The van der Waals surface area contributed by atoms with Crippen molar-refractivity contribution in [2.75, 3.05) is 91.6 Å². The van der Waals surface area contributed by atoms with E-state index in [2.05, 4.69) is 47.3 Å². The Labute approximate surface area is 175 Å². The minimum atomic E-state index is 0.816. The van der Waals surface area contributed by atoms with Gasteiger partial charge in [-0.05, 0) is 32.5 Å². The highest BCUT2D eigenvalue weighted by Crippen LogP contribution is 2.09. The number of aromatic nitrogens is 2. The summed E-state index contributed by atoms with van der Waals surface area (Å²) >= 11 is 0. The number of guanidine groups is 1. The summed E-state index contributed by atoms with van der Waals surface area (Å²) in [6, 6.07) is 1.86. The number of aliphatic imine (C=N–C) groups is 1. The topological polar surface area (TPSA) is 81.2 Å². The van der Waals surface area contributed by atoms with Crippen LogP contribution in [0.2, 0.25) is 0 Å². The fourth-order valence-corrected chi connectivity index (χ4v) is 3.31. The van der Waals surface area contributed by atoms with E-state index in [4.69, 9.17) is 4.74 Å². The normalized spacial score (nSPS) is 15.7. The summed E-state index contributed by atoms with van der Waals surface area (Å²) in [5.74, 6) is 1.72. The number of likely N-dealkylation sites (N-methyl/N-ethyl adjacent to an activating group) is 1. The van der Waals surface area contributed by atoms with Gasteiger partial charge in [-0.3, -0.25) is 9.89 Å². The first-order valence-corrected chi connectivity index (χ1v) is 10.6. The van der Waals surface area contributed by atoms with Crippen LogP contribution in [0.15, 0.2) is 23.5 Å². The first-order valence-electron chi connectivity index (χ1n) is 10.6. The maximum atomic E-state index is 5.09. The van der Waals surface area contributed by atoms with Crippen molar-refractivity contribution in [1.29, 1.82) is 0 Å². The molecule has 0 amide bonds. The molecule has 1 saturated heterocycles. The molecule has 1 fully saturated rings. The second-order valence-electron chi connectivity index (χ2n) is 7.31. The van der Waals surface area contributed by atoms with Crippen molar-refractivity contribution in [3.63, 3.8) is 0 Å². The van der Waals surface area contributed by atoms with Gasteiger partial charge in [0.15, 0.2) is 5.96 Å². The smallest absolute Gasteiger partial charge is 0.225 e. The van der Waals surface area contributed by atoms with Crippen molar-refractivity contribution in [2.24, 2.45) is 4.99 Å². The standard InChI is InChI=1S/C20H38N8O/c1-21-19(23-10-13-26(2)11-6-18-29-3)22-9-5-12-27-14-16-28(17-15-27)20-24-7-4-8-25-20/h4,7-8H,5-6,9-18H2,1-3H3,(H2,21,22,23). The Morgan fingerprint density at radius 3 is 2.52 bits per heavy atom. The first kappa shape index (κ1) is 23.3. The van der Waals surface area contributed by atoms with Crippen LogP contribution in [0.5, 0.6) is 0 Å². The van der Waals surface area contributed by atoms with Crippen LogP contribution >= 0.6 is 0 Å². The highest BCUT2D eigenvalue weighted by atomic mass is 16.5. The molecule has 9 heteroatoms. The summed E-state index contributed by atoms with van der Waals surface area (Å²) in [4.78, 5) is 20.1. The molecule has 2 N–H and O–H groups in total. The molecule has 0 radical (unpaired) electrons. The van der Waals surface area contributed by atoms with E-state index in [1.165, 1.54) is 0 Å². The third-order valence-corrected chi connectivity index (χ3v) is 5.05. The van der Waals surface area contributed by atoms with E-state index in [1.807, 2.05) is 13.1 Å². The minimum Gasteiger partial charge on any atom is -0.385 e. The molecule has 164 valence electrons. The van der Waals surface area contributed by atoms with Gasteiger partial charge in [-0.25, -0.2) is 9.97 Å². The predicted octanol–water partition coefficient (Wildman–Crippen LogP) is 0.122. The lowest BCUT2D eigenvalue weighted by Crippen LogP contribution is -2.48. The van der Waals surface area contributed by atoms with Crippen LogP contribution in [0.4, 0.5) is 5.95 Å². The number of nitrogens with one attached hydrogen (secondary N) is 2. The highest BCUT2D eigenvalue weighted by molar-refractivity contribution is 5.79. The molecule has 2 heterocycles. The molecule has 29 heavy (non-hydrogen) atoms. The highest BCUT2D eigenvalue weighted by Gasteiger charge is 2.18. The molecule has 0 bridgehead atoms. The summed E-state index contributed by atoms with van der Waals surface area (Å²) in [7, 11) is 5.70. The lowest BCUT2D eigenvalue weighted by molar-refractivity contribution is 0.180. The van der Waals surface area contributed by atoms with Crippen molar-refractivity contribution in [3.8, 4) is 0 Å². The van der Waals surface area contributed by atoms with Crippen LogP contribution in [-0.2, 0) is 4.74 Å². The third kappa shape index (κ3) is 9.38. The maximum absolute atomic E-state index is 5.09. The molecule has 1 aliphatic rings. The molecule has 0 unspecified atom stereocenters. The summed E-state index contributed by atoms with van der Waals surface area (Å²) in [6.45, 7) is 9.83. The Bertz CT molecular complexity index is 563. The van der Waals surface area contributed by atoms with E-state index < -0.39 is 0 Å². The van der Waals surface area contributed by atoms with Gasteiger partial charge in [0.25, 0.3) is 0 Å². The zero-order valence-electron chi connectivity index (χ0n) is 18.3. The molecule has 0 aliphatic carbocycles. The molecule has 1 aromatic rings. The number of piperazine rings is 1. The predicted molar refractivity (Wildman–Crippen MR) is 119 cm³/mol. The average Bonchev–Trinajstić information content (AvgIpc) is 2.76. The van der Waals surface area contributed by atoms with Crippen LogP contribution < -0.4 is 15.5 Å². The number of anilines is 1. The van der Waals surface area contributed by atoms with Crippen molar-refractivity contribution < 1.29 is 4.74 Å². The molecular formula is C20H38N8O. The number of hydrogen-bond donors (Lipinski definition) is 2. The van der Waals surface area contributed by atoms with Gasteiger partial charge in [-0.1, -0.05) is 0 Å². The largest absolute Gasteiger partial charge is 0.385 e. The summed E-state index contributed by atoms with van der Waals surface area (Å²) in [6.07, 6.45) is 5.77. The molecule has 0 spiro atoms.